The van der Waals surface area contributed by atoms with Crippen molar-refractivity contribution in [1.29, 1.82) is 0 Å². The molecule has 1 saturated heterocycles. The molecule has 4 rings (SSSR count). The van der Waals surface area contributed by atoms with Gasteiger partial charge in [-0.05, 0) is 86.7 Å². The second-order valence-electron chi connectivity index (χ2n) is 9.06. The van der Waals surface area contributed by atoms with Crippen LogP contribution >= 0.6 is 0 Å². The Morgan fingerprint density at radius 3 is 2.26 bits per heavy atom. The molecule has 2 heterocycles. The zero-order valence-corrected chi connectivity index (χ0v) is 20.4. The Morgan fingerprint density at radius 2 is 1.60 bits per heavy atom. The number of urea groups is 1. The highest BCUT2D eigenvalue weighted by Gasteiger charge is 2.51. The summed E-state index contributed by atoms with van der Waals surface area (Å²) in [6.07, 6.45) is 4.10. The van der Waals surface area contributed by atoms with Gasteiger partial charge in [0.05, 0.1) is 18.9 Å². The molecule has 1 aliphatic heterocycles. The molecule has 2 aromatic carbocycles. The molecule has 7 heteroatoms. The molecule has 3 aromatic rings. The summed E-state index contributed by atoms with van der Waals surface area (Å²) < 4.78 is 5.88. The standard InChI is InChI=1S/C28H28N4O3/c1-19-20(2)25(12-11-24(19)29-5)32-26(33)28(3,4)31(27(32)34)17-6-18-35-23-9-7-21(8-10-23)22-13-15-30-16-14-22/h7-16H,6,17-18H2,1-4H3. The van der Waals surface area contributed by atoms with Gasteiger partial charge in [0.1, 0.15) is 11.3 Å². The highest BCUT2D eigenvalue weighted by atomic mass is 16.5. The highest BCUT2D eigenvalue weighted by molar-refractivity contribution is 6.23. The first kappa shape index (κ1) is 24.0. The van der Waals surface area contributed by atoms with Gasteiger partial charge in [-0.3, -0.25) is 9.78 Å². The van der Waals surface area contributed by atoms with Crippen LogP contribution in [-0.4, -0.2) is 40.5 Å². The number of rotatable bonds is 7. The third-order valence-electron chi connectivity index (χ3n) is 6.58. The predicted octanol–water partition coefficient (Wildman–Crippen LogP) is 5.93. The van der Waals surface area contributed by atoms with Gasteiger partial charge >= 0.3 is 6.03 Å². The van der Waals surface area contributed by atoms with Crippen molar-refractivity contribution in [2.45, 2.75) is 39.7 Å². The van der Waals surface area contributed by atoms with Crippen LogP contribution in [0, 0.1) is 20.4 Å². The van der Waals surface area contributed by atoms with Crippen LogP contribution in [0.25, 0.3) is 16.0 Å². The summed E-state index contributed by atoms with van der Waals surface area (Å²) in [4.78, 5) is 36.9. The van der Waals surface area contributed by atoms with Crippen molar-refractivity contribution >= 4 is 23.3 Å². The molecule has 1 aliphatic rings. The predicted molar refractivity (Wildman–Crippen MR) is 136 cm³/mol. The molecule has 0 atom stereocenters. The number of imide groups is 1. The van der Waals surface area contributed by atoms with Crippen molar-refractivity contribution in [3.63, 3.8) is 0 Å². The molecule has 35 heavy (non-hydrogen) atoms. The number of benzene rings is 2. The lowest BCUT2D eigenvalue weighted by Gasteiger charge is -2.27. The Labute approximate surface area is 205 Å². The van der Waals surface area contributed by atoms with Crippen molar-refractivity contribution in [2.24, 2.45) is 0 Å². The molecular weight excluding hydrogens is 440 g/mol. The van der Waals surface area contributed by atoms with E-state index in [4.69, 9.17) is 11.3 Å². The number of ether oxygens (including phenoxy) is 1. The molecule has 3 amide bonds. The van der Waals surface area contributed by atoms with Crippen molar-refractivity contribution < 1.29 is 14.3 Å². The molecule has 0 saturated carbocycles. The van der Waals surface area contributed by atoms with E-state index in [2.05, 4.69) is 9.83 Å². The average Bonchev–Trinajstić information content (AvgIpc) is 3.03. The number of aromatic nitrogens is 1. The third-order valence-corrected chi connectivity index (χ3v) is 6.58. The van der Waals surface area contributed by atoms with E-state index in [0.717, 1.165) is 28.0 Å². The molecule has 178 valence electrons. The topological polar surface area (TPSA) is 67.1 Å². The summed E-state index contributed by atoms with van der Waals surface area (Å²) in [6.45, 7) is 15.3. The minimum Gasteiger partial charge on any atom is -0.494 e. The average molecular weight is 469 g/mol. The normalized spacial score (nSPS) is 14.8. The second kappa shape index (κ2) is 9.59. The number of hydrogen-bond donors (Lipinski definition) is 0. The highest BCUT2D eigenvalue weighted by Crippen LogP contribution is 2.37. The van der Waals surface area contributed by atoms with E-state index in [-0.39, 0.29) is 11.9 Å². The SMILES string of the molecule is [C-]#[N+]c1ccc(N2C(=O)N(CCCOc3ccc(-c4ccncc4)cc3)C(C)(C)C2=O)c(C)c1C. The van der Waals surface area contributed by atoms with Gasteiger partial charge < -0.3 is 9.64 Å². The van der Waals surface area contributed by atoms with E-state index in [1.54, 1.807) is 43.3 Å². The molecule has 0 unspecified atom stereocenters. The summed E-state index contributed by atoms with van der Waals surface area (Å²) in [7, 11) is 0. The monoisotopic (exact) mass is 468 g/mol. The summed E-state index contributed by atoms with van der Waals surface area (Å²) >= 11 is 0. The number of amides is 3. The van der Waals surface area contributed by atoms with Crippen LogP contribution in [-0.2, 0) is 4.79 Å². The van der Waals surface area contributed by atoms with Gasteiger partial charge in [0.25, 0.3) is 5.91 Å². The molecule has 0 N–H and O–H groups in total. The van der Waals surface area contributed by atoms with Gasteiger partial charge in [0.15, 0.2) is 5.69 Å². The second-order valence-corrected chi connectivity index (χ2v) is 9.06. The Bertz CT molecular complexity index is 1290. The van der Waals surface area contributed by atoms with E-state index >= 15 is 0 Å². The molecule has 0 bridgehead atoms. The lowest BCUT2D eigenvalue weighted by Crippen LogP contribution is -2.44. The number of pyridine rings is 1. The summed E-state index contributed by atoms with van der Waals surface area (Å²) in [6, 6.07) is 14.7. The van der Waals surface area contributed by atoms with Crippen molar-refractivity contribution in [2.75, 3.05) is 18.1 Å². The van der Waals surface area contributed by atoms with Crippen LogP contribution in [0.1, 0.15) is 31.4 Å². The zero-order chi connectivity index (χ0) is 25.2. The largest absolute Gasteiger partial charge is 0.494 e. The number of anilines is 1. The van der Waals surface area contributed by atoms with Gasteiger partial charge in [-0.25, -0.2) is 14.5 Å². The van der Waals surface area contributed by atoms with Crippen molar-refractivity contribution in [1.82, 2.24) is 9.88 Å². The fraction of sp³-hybridized carbons (Fsp3) is 0.286. The number of nitrogens with zero attached hydrogens (tertiary/aromatic N) is 4. The lowest BCUT2D eigenvalue weighted by molar-refractivity contribution is -0.123. The molecule has 7 nitrogen and oxygen atoms in total. The van der Waals surface area contributed by atoms with Crippen LogP contribution < -0.4 is 9.64 Å². The Morgan fingerprint density at radius 1 is 0.943 bits per heavy atom. The van der Waals surface area contributed by atoms with E-state index in [0.29, 0.717) is 30.9 Å². The first-order valence-electron chi connectivity index (χ1n) is 11.5. The van der Waals surface area contributed by atoms with Crippen LogP contribution in [0.3, 0.4) is 0 Å². The minimum absolute atomic E-state index is 0.270. The summed E-state index contributed by atoms with van der Waals surface area (Å²) in [5.41, 5.74) is 3.79. The van der Waals surface area contributed by atoms with Crippen LogP contribution in [0.15, 0.2) is 60.9 Å². The fourth-order valence-electron chi connectivity index (χ4n) is 4.28. The van der Waals surface area contributed by atoms with Gasteiger partial charge in [-0.15, -0.1) is 0 Å². The van der Waals surface area contributed by atoms with E-state index < -0.39 is 5.54 Å². The summed E-state index contributed by atoms with van der Waals surface area (Å²) in [5.74, 6) is 0.478. The van der Waals surface area contributed by atoms with Gasteiger partial charge in [-0.2, -0.15) is 0 Å². The first-order chi connectivity index (χ1) is 16.8. The Hall–Kier alpha value is -4.18. The molecule has 1 fully saturated rings. The van der Waals surface area contributed by atoms with Crippen LogP contribution in [0.5, 0.6) is 5.75 Å². The van der Waals surface area contributed by atoms with Gasteiger partial charge in [-0.1, -0.05) is 18.2 Å². The maximum absolute atomic E-state index is 13.3. The molecule has 0 aliphatic carbocycles. The van der Waals surface area contributed by atoms with E-state index in [1.807, 2.05) is 50.2 Å². The van der Waals surface area contributed by atoms with E-state index in [1.165, 1.54) is 4.90 Å². The quantitative estimate of drug-likeness (QED) is 0.245. The molecule has 0 radical (unpaired) electrons. The Kier molecular flexibility index (Phi) is 6.57. The zero-order valence-electron chi connectivity index (χ0n) is 20.4. The van der Waals surface area contributed by atoms with Crippen molar-refractivity contribution in [3.05, 3.63) is 83.5 Å². The van der Waals surface area contributed by atoms with Crippen LogP contribution in [0.2, 0.25) is 0 Å². The minimum atomic E-state index is -0.970. The Balaban J connectivity index is 1.40. The fourth-order valence-corrected chi connectivity index (χ4v) is 4.28. The molecular formula is C28H28N4O3. The summed E-state index contributed by atoms with van der Waals surface area (Å²) in [5, 5.41) is 0. The first-order valence-corrected chi connectivity index (χ1v) is 11.5. The van der Waals surface area contributed by atoms with Gasteiger partial charge in [0, 0.05) is 18.9 Å². The smallest absolute Gasteiger partial charge is 0.332 e. The lowest BCUT2D eigenvalue weighted by atomic mass is 10.0. The van der Waals surface area contributed by atoms with Gasteiger partial charge in [0.2, 0.25) is 0 Å². The molecule has 0 spiro atoms. The maximum atomic E-state index is 13.3. The third kappa shape index (κ3) is 4.47. The van der Waals surface area contributed by atoms with E-state index in [9.17, 15) is 9.59 Å². The molecule has 1 aromatic heterocycles. The number of hydrogen-bond acceptors (Lipinski definition) is 4. The maximum Gasteiger partial charge on any atom is 0.332 e. The van der Waals surface area contributed by atoms with Crippen molar-refractivity contribution in [3.8, 4) is 16.9 Å². The number of carbonyl (C=O) groups is 2. The number of carbonyl (C=O) groups excluding carboxylic acids is 2. The van der Waals surface area contributed by atoms with Crippen LogP contribution in [0.4, 0.5) is 16.2 Å².